The largest absolute Gasteiger partial charge is 0.479 e. The van der Waals surface area contributed by atoms with E-state index >= 15 is 0 Å². The molecule has 76 valence electrons. The summed E-state index contributed by atoms with van der Waals surface area (Å²) in [6, 6.07) is 0. The Labute approximate surface area is 123 Å². The van der Waals surface area contributed by atoms with Crippen molar-refractivity contribution in [3.8, 4) is 0 Å². The van der Waals surface area contributed by atoms with E-state index in [0.29, 0.717) is 0 Å². The number of hydrogen-bond acceptors (Lipinski definition) is 4. The second-order valence-corrected chi connectivity index (χ2v) is 1.57. The zero-order chi connectivity index (χ0) is 8.31. The first-order valence-electron chi connectivity index (χ1n) is 2.28. The van der Waals surface area contributed by atoms with Gasteiger partial charge in [0.15, 0.2) is 12.2 Å². The van der Waals surface area contributed by atoms with Crippen LogP contribution in [0.2, 0.25) is 0 Å². The average molecular weight is 232 g/mol. The fourth-order valence-electron chi connectivity index (χ4n) is 0.270. The number of hydrogen-bond donors (Lipinski definition) is 4. The van der Waals surface area contributed by atoms with Gasteiger partial charge in [0.05, 0.1) is 0 Å². The maximum atomic E-state index is 9.77. The van der Waals surface area contributed by atoms with Crippen molar-refractivity contribution < 1.29 is 41.0 Å². The van der Waals surface area contributed by atoms with Crippen LogP contribution in [0.3, 0.4) is 0 Å². The summed E-state index contributed by atoms with van der Waals surface area (Å²) in [7, 11) is 0. The van der Waals surface area contributed by atoms with Gasteiger partial charge in [-0.25, -0.2) is 9.59 Å². The summed E-state index contributed by atoms with van der Waals surface area (Å²) in [5.74, 6) is -3.54. The second kappa shape index (κ2) is 13.8. The molecule has 2 atom stereocenters. The summed E-state index contributed by atoms with van der Waals surface area (Å²) in [5.41, 5.74) is 0. The zero-order valence-electron chi connectivity index (χ0n) is 7.76. The van der Waals surface area contributed by atoms with Gasteiger partial charge in [-0.1, -0.05) is 0 Å². The number of aliphatic hydroxyl groups is 2. The minimum atomic E-state index is -2.27. The molecule has 0 bridgehead atoms. The first kappa shape index (κ1) is 29.3. The molecule has 0 aromatic heterocycles. The molecule has 0 heterocycles. The minimum absolute atomic E-state index is 0. The molecule has 14 heavy (non-hydrogen) atoms. The van der Waals surface area contributed by atoms with Crippen LogP contribution in [0.4, 0.5) is 0 Å². The molecule has 0 rings (SSSR count). The molecule has 2 radical (unpaired) electrons. The van der Waals surface area contributed by atoms with Crippen molar-refractivity contribution in [2.24, 2.45) is 0 Å². The fourth-order valence-corrected chi connectivity index (χ4v) is 0.270. The van der Waals surface area contributed by atoms with Crippen LogP contribution in [0.1, 0.15) is 0 Å². The number of carbonyl (C=O) groups is 2. The van der Waals surface area contributed by atoms with Crippen LogP contribution < -0.4 is 0 Å². The van der Waals surface area contributed by atoms with Crippen LogP contribution in [0.5, 0.6) is 0 Å². The Balaban J connectivity index is -0.0000000675. The standard InChI is InChI=1S/C4H6O6.2Na.2H2O/c5-1(3(7)8)2(6)4(9)10;;;;/h1-2,5-6H,(H,7,8)(H,9,10);;;2*1H2/t1-,2-;;;;/m1..../s1. The SMILES string of the molecule is O.O.O=C(O)[C@H](O)[C@@H](O)C(=O)O.[Na].[Na]. The van der Waals surface area contributed by atoms with E-state index in [1.165, 1.54) is 0 Å². The summed E-state index contributed by atoms with van der Waals surface area (Å²) in [5, 5.41) is 32.5. The Kier molecular flexibility index (Phi) is 28.9. The molecule has 0 amide bonds. The van der Waals surface area contributed by atoms with Gasteiger partial charge in [0.1, 0.15) is 0 Å². The number of carboxylic acid groups (broad SMARTS) is 2. The van der Waals surface area contributed by atoms with Gasteiger partial charge < -0.3 is 31.4 Å². The second-order valence-electron chi connectivity index (χ2n) is 1.57. The maximum absolute atomic E-state index is 9.77. The van der Waals surface area contributed by atoms with Gasteiger partial charge in [0.25, 0.3) is 0 Å². The van der Waals surface area contributed by atoms with Gasteiger partial charge in [0.2, 0.25) is 0 Å². The van der Waals surface area contributed by atoms with Crippen LogP contribution in [0, 0.1) is 0 Å². The summed E-state index contributed by atoms with van der Waals surface area (Å²) < 4.78 is 0. The van der Waals surface area contributed by atoms with Gasteiger partial charge in [-0.15, -0.1) is 0 Å². The van der Waals surface area contributed by atoms with Crippen molar-refractivity contribution in [2.45, 2.75) is 12.2 Å². The van der Waals surface area contributed by atoms with E-state index in [1.54, 1.807) is 0 Å². The Hall–Kier alpha value is 0.780. The number of carboxylic acids is 2. The third kappa shape index (κ3) is 10.9. The average Bonchev–Trinajstić information content (AvgIpc) is 1.84. The van der Waals surface area contributed by atoms with E-state index in [-0.39, 0.29) is 70.1 Å². The topological polar surface area (TPSA) is 178 Å². The van der Waals surface area contributed by atoms with Crippen molar-refractivity contribution in [3.63, 3.8) is 0 Å². The summed E-state index contributed by atoms with van der Waals surface area (Å²) in [6.45, 7) is 0. The summed E-state index contributed by atoms with van der Waals surface area (Å²) in [6.07, 6.45) is -4.53. The first-order valence-corrected chi connectivity index (χ1v) is 2.28. The van der Waals surface area contributed by atoms with Crippen molar-refractivity contribution in [2.75, 3.05) is 0 Å². The Bertz CT molecular complexity index is 143. The molecule has 0 aliphatic heterocycles. The molecule has 0 aromatic carbocycles. The Morgan fingerprint density at radius 2 is 0.929 bits per heavy atom. The van der Waals surface area contributed by atoms with Crippen LogP contribution in [-0.4, -0.2) is 115 Å². The minimum Gasteiger partial charge on any atom is -0.479 e. The van der Waals surface area contributed by atoms with Crippen molar-refractivity contribution in [3.05, 3.63) is 0 Å². The molecule has 0 fully saturated rings. The Morgan fingerprint density at radius 3 is 1.00 bits per heavy atom. The van der Waals surface area contributed by atoms with E-state index in [1.807, 2.05) is 0 Å². The molecular weight excluding hydrogens is 222 g/mol. The normalized spacial score (nSPS) is 11.3. The number of aliphatic hydroxyl groups excluding tert-OH is 2. The van der Waals surface area contributed by atoms with Crippen molar-refractivity contribution >= 4 is 71.1 Å². The third-order valence-electron chi connectivity index (χ3n) is 0.805. The number of rotatable bonds is 3. The smallest absolute Gasteiger partial charge is 0.335 e. The third-order valence-corrected chi connectivity index (χ3v) is 0.805. The monoisotopic (exact) mass is 232 g/mol. The molecule has 0 saturated heterocycles. The van der Waals surface area contributed by atoms with E-state index in [9.17, 15) is 9.59 Å². The predicted molar refractivity (Wildman–Crippen MR) is 46.0 cm³/mol. The van der Waals surface area contributed by atoms with Crippen LogP contribution in [0.15, 0.2) is 0 Å². The van der Waals surface area contributed by atoms with Gasteiger partial charge in [-0.3, -0.25) is 0 Å². The molecule has 0 aromatic rings. The molecular formula is C4H10Na2O8. The first-order chi connectivity index (χ1) is 4.46. The molecule has 0 unspecified atom stereocenters. The van der Waals surface area contributed by atoms with Gasteiger partial charge >= 0.3 is 11.9 Å². The van der Waals surface area contributed by atoms with Crippen LogP contribution >= 0.6 is 0 Å². The molecule has 10 heteroatoms. The summed E-state index contributed by atoms with van der Waals surface area (Å²) >= 11 is 0. The van der Waals surface area contributed by atoms with Crippen molar-refractivity contribution in [1.82, 2.24) is 0 Å². The van der Waals surface area contributed by atoms with E-state index in [4.69, 9.17) is 20.4 Å². The van der Waals surface area contributed by atoms with E-state index in [2.05, 4.69) is 0 Å². The molecule has 8 N–H and O–H groups in total. The van der Waals surface area contributed by atoms with Crippen molar-refractivity contribution in [1.29, 1.82) is 0 Å². The zero-order valence-corrected chi connectivity index (χ0v) is 11.8. The molecule has 0 aliphatic rings. The van der Waals surface area contributed by atoms with Gasteiger partial charge in [0, 0.05) is 59.1 Å². The van der Waals surface area contributed by atoms with E-state index < -0.39 is 24.1 Å². The van der Waals surface area contributed by atoms with Gasteiger partial charge in [-0.05, 0) is 0 Å². The summed E-state index contributed by atoms with van der Waals surface area (Å²) in [4.78, 5) is 19.5. The molecule has 0 aliphatic carbocycles. The van der Waals surface area contributed by atoms with E-state index in [0.717, 1.165) is 0 Å². The molecule has 0 saturated carbocycles. The molecule has 8 nitrogen and oxygen atoms in total. The number of aliphatic carboxylic acids is 2. The predicted octanol–water partition coefficient (Wildman–Crippen LogP) is -4.53. The van der Waals surface area contributed by atoms with Crippen LogP contribution in [-0.2, 0) is 9.59 Å². The van der Waals surface area contributed by atoms with Gasteiger partial charge in [-0.2, -0.15) is 0 Å². The maximum Gasteiger partial charge on any atom is 0.335 e. The van der Waals surface area contributed by atoms with Crippen LogP contribution in [0.25, 0.3) is 0 Å². The quantitative estimate of drug-likeness (QED) is 0.356. The molecule has 0 spiro atoms. The Morgan fingerprint density at radius 1 is 0.786 bits per heavy atom. The fraction of sp³-hybridized carbons (Fsp3) is 0.500.